The minimum absolute atomic E-state index is 0.0335. The molecule has 4 aromatic heterocycles. The monoisotopic (exact) mass is 643 g/mol. The van der Waals surface area contributed by atoms with E-state index in [9.17, 15) is 17.9 Å². The second kappa shape index (κ2) is 10.3. The summed E-state index contributed by atoms with van der Waals surface area (Å²) in [6, 6.07) is 0. The molecule has 0 radical (unpaired) electrons. The average Bonchev–Trinajstić information content (AvgIpc) is 3.72. The van der Waals surface area contributed by atoms with Crippen molar-refractivity contribution in [3.8, 4) is 0 Å². The smallest absolute Gasteiger partial charge is 0.383 e. The predicted molar refractivity (Wildman–Crippen MR) is 139 cm³/mol. The van der Waals surface area contributed by atoms with E-state index in [-0.39, 0.29) is 29.2 Å². The van der Waals surface area contributed by atoms with Gasteiger partial charge in [0.1, 0.15) is 48.4 Å². The van der Waals surface area contributed by atoms with Crippen LogP contribution in [0.3, 0.4) is 0 Å². The van der Waals surface area contributed by atoms with Gasteiger partial charge in [-0.1, -0.05) is 0 Å². The molecular formula is C20H23FN11O9PS. The molecule has 3 saturated heterocycles. The van der Waals surface area contributed by atoms with Gasteiger partial charge in [0.05, 0.1) is 24.5 Å². The first kappa shape index (κ1) is 28.3. The molecule has 0 bridgehead atoms. The third kappa shape index (κ3) is 5.09. The number of phosphoric acid groups is 1. The van der Waals surface area contributed by atoms with Gasteiger partial charge in [0.25, 0.3) is 0 Å². The van der Waals surface area contributed by atoms with E-state index in [1.807, 2.05) is 0 Å². The number of ether oxygens (including phenoxy) is 2. The first-order valence-electron chi connectivity index (χ1n) is 12.6. The van der Waals surface area contributed by atoms with Crippen LogP contribution in [0.2, 0.25) is 0 Å². The number of hydrogen-bond donors (Lipinski definition) is 4. The number of alkyl halides is 1. The summed E-state index contributed by atoms with van der Waals surface area (Å²) in [4.78, 5) is 30.5. The molecule has 0 spiro atoms. The highest BCUT2D eigenvalue weighted by molar-refractivity contribution is 7.84. The molecule has 20 nitrogen and oxygen atoms in total. The van der Waals surface area contributed by atoms with E-state index in [0.717, 1.165) is 6.33 Å². The summed E-state index contributed by atoms with van der Waals surface area (Å²) in [5.74, 6) is 0.205. The van der Waals surface area contributed by atoms with Gasteiger partial charge in [0, 0.05) is 13.0 Å². The van der Waals surface area contributed by atoms with Crippen LogP contribution in [0.1, 0.15) is 18.9 Å². The minimum Gasteiger partial charge on any atom is -0.383 e. The van der Waals surface area contributed by atoms with Crippen LogP contribution in [0.25, 0.3) is 22.2 Å². The van der Waals surface area contributed by atoms with Crippen molar-refractivity contribution in [2.45, 2.75) is 49.5 Å². The van der Waals surface area contributed by atoms with Crippen molar-refractivity contribution in [3.63, 3.8) is 0 Å². The molecule has 23 heteroatoms. The number of nitrogens with two attached hydrogens (primary N) is 2. The second-order valence-corrected chi connectivity index (χ2v) is 12.6. The Morgan fingerprint density at radius 2 is 1.81 bits per heavy atom. The fraction of sp³-hybridized carbons (Fsp3) is 0.500. The number of rotatable bonds is 2. The van der Waals surface area contributed by atoms with E-state index >= 15 is 4.39 Å². The number of nitrogens with zero attached hydrogens (tertiary/aromatic N) is 8. The molecule has 3 aliphatic heterocycles. The molecule has 1 unspecified atom stereocenters. The van der Waals surface area contributed by atoms with Crippen LogP contribution in [-0.4, -0.2) is 96.3 Å². The molecule has 0 aromatic carbocycles. The Labute approximate surface area is 240 Å². The normalized spacial score (nSPS) is 34.9. The highest BCUT2D eigenvalue weighted by Crippen LogP contribution is 2.50. The largest absolute Gasteiger partial charge is 0.472 e. The van der Waals surface area contributed by atoms with Crippen molar-refractivity contribution in [3.05, 3.63) is 25.2 Å². The molecular weight excluding hydrogens is 620 g/mol. The molecule has 8 atom stereocenters. The van der Waals surface area contributed by atoms with Gasteiger partial charge in [-0.05, 0) is 0 Å². The molecule has 43 heavy (non-hydrogen) atoms. The Bertz CT molecular complexity index is 1860. The van der Waals surface area contributed by atoms with Gasteiger partial charge >= 0.3 is 18.1 Å². The lowest BCUT2D eigenvalue weighted by atomic mass is 10.1. The Morgan fingerprint density at radius 3 is 2.63 bits per heavy atom. The maximum absolute atomic E-state index is 15.8. The van der Waals surface area contributed by atoms with E-state index < -0.39 is 74.3 Å². The summed E-state index contributed by atoms with van der Waals surface area (Å²) in [7, 11) is -9.48. The summed E-state index contributed by atoms with van der Waals surface area (Å²) < 4.78 is 86.9. The quantitative estimate of drug-likeness (QED) is 0.192. The number of hydrogen-bond acceptors (Lipinski definition) is 16. The lowest BCUT2D eigenvalue weighted by Gasteiger charge is -2.25. The number of phosphoric ester groups is 1. The van der Waals surface area contributed by atoms with E-state index in [1.54, 1.807) is 0 Å². The van der Waals surface area contributed by atoms with Gasteiger partial charge in [-0.15, -0.1) is 0 Å². The van der Waals surface area contributed by atoms with Crippen molar-refractivity contribution in [1.29, 1.82) is 0 Å². The highest BCUT2D eigenvalue weighted by atomic mass is 32.2. The summed E-state index contributed by atoms with van der Waals surface area (Å²) in [5.41, 5.74) is 12.3. The Kier molecular flexibility index (Phi) is 6.79. The zero-order valence-corrected chi connectivity index (χ0v) is 23.4. The van der Waals surface area contributed by atoms with E-state index in [4.69, 9.17) is 34.2 Å². The standard InChI is InChI=1S/C20H23FN11O9PS/c21-13-15-10(39-20(13)31-7-28-14-17(23)25-6-27-19(14)31)3-30-43(35,36)41-9-1-12(38-11(9)4-37-42(33,34)40-15)32-18-8(2-29-32)16(22)24-5-26-18/h2,5-7,9-13,15,20,30H,1,3-4H2,(H,33,34)(H2,22,24,26)(H2,23,25,27)/t9-,10+,11+,12+,13+,15+,20+/m0/s1. The molecule has 0 aliphatic carbocycles. The van der Waals surface area contributed by atoms with Crippen molar-refractivity contribution >= 4 is 52.0 Å². The maximum atomic E-state index is 15.8. The SMILES string of the molecule is Nc1ncnc2c1cnn2[C@H]1C[C@@H]2OS(=O)(=O)NC[C@H]3O[C@@H](n4cnc5c(N)ncnc54)[C@H](F)[C@@H]3OP(=O)(O)OC[C@H]2O1. The van der Waals surface area contributed by atoms with Crippen LogP contribution < -0.4 is 16.2 Å². The zero-order chi connectivity index (χ0) is 30.1. The summed E-state index contributed by atoms with van der Waals surface area (Å²) >= 11 is 0. The molecule has 4 aromatic rings. The number of fused-ring (bicyclic) bond motifs is 4. The zero-order valence-electron chi connectivity index (χ0n) is 21.7. The van der Waals surface area contributed by atoms with Crippen molar-refractivity contribution in [2.24, 2.45) is 0 Å². The first-order chi connectivity index (χ1) is 20.5. The minimum atomic E-state index is -4.97. The van der Waals surface area contributed by atoms with Gasteiger partial charge < -0.3 is 25.8 Å². The van der Waals surface area contributed by atoms with Gasteiger partial charge in [-0.3, -0.25) is 17.8 Å². The van der Waals surface area contributed by atoms with Crippen molar-refractivity contribution in [1.82, 2.24) is 44.0 Å². The lowest BCUT2D eigenvalue weighted by molar-refractivity contribution is -0.0500. The number of anilines is 2. The molecule has 0 saturated carbocycles. The molecule has 230 valence electrons. The van der Waals surface area contributed by atoms with E-state index in [1.165, 1.54) is 28.1 Å². The van der Waals surface area contributed by atoms with Crippen LogP contribution in [0, 0.1) is 0 Å². The second-order valence-electron chi connectivity index (χ2n) is 9.81. The Balaban J connectivity index is 1.15. The van der Waals surface area contributed by atoms with Crippen LogP contribution in [0.15, 0.2) is 25.2 Å². The van der Waals surface area contributed by atoms with Crippen LogP contribution in [0.5, 0.6) is 0 Å². The third-order valence-corrected chi connectivity index (χ3v) is 9.18. The third-order valence-electron chi connectivity index (χ3n) is 7.17. The Hall–Kier alpha value is -3.47. The van der Waals surface area contributed by atoms with E-state index in [0.29, 0.717) is 11.0 Å². The average molecular weight is 644 g/mol. The summed E-state index contributed by atoms with van der Waals surface area (Å²) in [6.07, 6.45) is -5.22. The maximum Gasteiger partial charge on any atom is 0.472 e. The number of nitrogen functional groups attached to an aromatic ring is 2. The highest BCUT2D eigenvalue weighted by Gasteiger charge is 2.52. The Morgan fingerprint density at radius 1 is 1.05 bits per heavy atom. The molecule has 0 amide bonds. The molecule has 3 fully saturated rings. The first-order valence-corrected chi connectivity index (χ1v) is 15.6. The van der Waals surface area contributed by atoms with Gasteiger partial charge in [-0.25, -0.2) is 38.6 Å². The molecule has 6 N–H and O–H groups in total. The summed E-state index contributed by atoms with van der Waals surface area (Å²) in [6.45, 7) is -1.27. The van der Waals surface area contributed by atoms with Crippen molar-refractivity contribution < 1.29 is 45.0 Å². The van der Waals surface area contributed by atoms with Crippen molar-refractivity contribution in [2.75, 3.05) is 24.6 Å². The number of aromatic nitrogens is 8. The fourth-order valence-electron chi connectivity index (χ4n) is 5.19. The van der Waals surface area contributed by atoms with Crippen LogP contribution in [-0.2, 0) is 37.6 Å². The van der Waals surface area contributed by atoms with Gasteiger partial charge in [0.2, 0.25) is 0 Å². The van der Waals surface area contributed by atoms with Gasteiger partial charge in [-0.2, -0.15) is 18.2 Å². The number of nitrogens with one attached hydrogen (secondary N) is 1. The number of imidazole rings is 1. The van der Waals surface area contributed by atoms with E-state index in [2.05, 4.69) is 34.7 Å². The van der Waals surface area contributed by atoms with Crippen LogP contribution in [0.4, 0.5) is 16.0 Å². The molecule has 3 aliphatic rings. The topological polar surface area (TPSA) is 269 Å². The molecule has 7 rings (SSSR count). The fourth-order valence-corrected chi connectivity index (χ4v) is 7.11. The number of halogens is 1. The molecule has 7 heterocycles. The predicted octanol–water partition coefficient (Wildman–Crippen LogP) is -0.911. The lowest BCUT2D eigenvalue weighted by Crippen LogP contribution is -2.43. The van der Waals surface area contributed by atoms with Crippen LogP contribution >= 0.6 is 7.82 Å². The van der Waals surface area contributed by atoms with Gasteiger partial charge in [0.15, 0.2) is 35.7 Å². The summed E-state index contributed by atoms with van der Waals surface area (Å²) in [5, 5.41) is 4.65.